The minimum Gasteiger partial charge on any atom is -0.360 e. The SMILES string of the molecule is CC1=C(C(=O)Nc2cc(C)on2)C(c2ccc(Cl)c(Cl)c2)NC(=S)N1C. The summed E-state index contributed by atoms with van der Waals surface area (Å²) in [5, 5.41) is 11.1. The number of carbonyl (C=O) groups excluding carboxylic acids is 1. The summed E-state index contributed by atoms with van der Waals surface area (Å²) in [6, 6.07) is 6.39. The fourth-order valence-electron chi connectivity index (χ4n) is 2.68. The first-order valence-corrected chi connectivity index (χ1v) is 8.89. The summed E-state index contributed by atoms with van der Waals surface area (Å²) >= 11 is 17.5. The van der Waals surface area contributed by atoms with Crippen LogP contribution in [0.15, 0.2) is 40.1 Å². The minimum atomic E-state index is -0.471. The lowest BCUT2D eigenvalue weighted by Crippen LogP contribution is -2.46. The lowest BCUT2D eigenvalue weighted by Gasteiger charge is -2.35. The molecule has 2 N–H and O–H groups in total. The molecule has 0 fully saturated rings. The van der Waals surface area contributed by atoms with E-state index in [1.165, 1.54) is 0 Å². The van der Waals surface area contributed by atoms with E-state index in [1.807, 2.05) is 6.92 Å². The second-order valence-electron chi connectivity index (χ2n) is 5.89. The van der Waals surface area contributed by atoms with E-state index in [1.54, 1.807) is 43.1 Å². The van der Waals surface area contributed by atoms with E-state index in [0.29, 0.717) is 32.3 Å². The van der Waals surface area contributed by atoms with Crippen LogP contribution in [0.4, 0.5) is 5.82 Å². The molecule has 0 aliphatic carbocycles. The smallest absolute Gasteiger partial charge is 0.257 e. The number of benzene rings is 1. The van der Waals surface area contributed by atoms with E-state index in [9.17, 15) is 4.79 Å². The molecule has 1 atom stereocenters. The first-order valence-electron chi connectivity index (χ1n) is 7.72. The van der Waals surface area contributed by atoms with Gasteiger partial charge in [0.15, 0.2) is 10.9 Å². The zero-order chi connectivity index (χ0) is 19.0. The summed E-state index contributed by atoms with van der Waals surface area (Å²) in [6.07, 6.45) is 0. The predicted octanol–water partition coefficient (Wildman–Crippen LogP) is 4.06. The van der Waals surface area contributed by atoms with Crippen molar-refractivity contribution >= 4 is 52.3 Å². The Morgan fingerprint density at radius 2 is 2.04 bits per heavy atom. The third kappa shape index (κ3) is 3.56. The average molecular weight is 411 g/mol. The molecule has 0 bridgehead atoms. The quantitative estimate of drug-likeness (QED) is 0.743. The van der Waals surface area contributed by atoms with Crippen LogP contribution < -0.4 is 10.6 Å². The molecule has 1 aromatic carbocycles. The molecule has 0 spiro atoms. The normalized spacial score (nSPS) is 17.3. The van der Waals surface area contributed by atoms with Gasteiger partial charge in [-0.15, -0.1) is 0 Å². The van der Waals surface area contributed by atoms with Crippen LogP contribution in [0, 0.1) is 6.92 Å². The number of halogens is 2. The number of allylic oxidation sites excluding steroid dienone is 1. The Hall–Kier alpha value is -2.09. The summed E-state index contributed by atoms with van der Waals surface area (Å²) < 4.78 is 5.00. The number of rotatable bonds is 3. The van der Waals surface area contributed by atoms with Gasteiger partial charge in [-0.05, 0) is 43.8 Å². The van der Waals surface area contributed by atoms with Crippen LogP contribution in [0.2, 0.25) is 10.0 Å². The number of anilines is 1. The van der Waals surface area contributed by atoms with E-state index in [-0.39, 0.29) is 5.91 Å². The van der Waals surface area contributed by atoms with Crippen molar-refractivity contribution in [3.63, 3.8) is 0 Å². The van der Waals surface area contributed by atoms with Gasteiger partial charge in [0.05, 0.1) is 21.7 Å². The lowest BCUT2D eigenvalue weighted by atomic mass is 9.94. The highest BCUT2D eigenvalue weighted by Gasteiger charge is 2.33. The number of nitrogens with zero attached hydrogens (tertiary/aromatic N) is 2. The molecule has 3 rings (SSSR count). The molecule has 2 aromatic rings. The van der Waals surface area contributed by atoms with Crippen LogP contribution in [0.5, 0.6) is 0 Å². The van der Waals surface area contributed by atoms with E-state index in [2.05, 4.69) is 15.8 Å². The Labute approximate surface area is 166 Å². The van der Waals surface area contributed by atoms with Gasteiger partial charge in [0.25, 0.3) is 5.91 Å². The van der Waals surface area contributed by atoms with Gasteiger partial charge in [-0.2, -0.15) is 0 Å². The summed E-state index contributed by atoms with van der Waals surface area (Å²) in [7, 11) is 1.79. The highest BCUT2D eigenvalue weighted by atomic mass is 35.5. The number of hydrogen-bond acceptors (Lipinski definition) is 4. The molecular weight excluding hydrogens is 395 g/mol. The first-order chi connectivity index (χ1) is 12.3. The van der Waals surface area contributed by atoms with E-state index >= 15 is 0 Å². The van der Waals surface area contributed by atoms with Crippen molar-refractivity contribution in [1.29, 1.82) is 0 Å². The zero-order valence-corrected chi connectivity index (χ0v) is 16.6. The van der Waals surface area contributed by atoms with Gasteiger partial charge in [-0.3, -0.25) is 4.79 Å². The number of nitrogens with one attached hydrogen (secondary N) is 2. The molecule has 1 unspecified atom stereocenters. The fourth-order valence-corrected chi connectivity index (χ4v) is 3.24. The Morgan fingerprint density at radius 1 is 1.31 bits per heavy atom. The fraction of sp³-hybridized carbons (Fsp3) is 0.235. The summed E-state index contributed by atoms with van der Waals surface area (Å²) in [4.78, 5) is 14.7. The van der Waals surface area contributed by atoms with Crippen molar-refractivity contribution in [3.8, 4) is 0 Å². The number of thiocarbonyl (C=S) groups is 1. The van der Waals surface area contributed by atoms with Gasteiger partial charge in [0.1, 0.15) is 5.76 Å². The number of carbonyl (C=O) groups is 1. The van der Waals surface area contributed by atoms with Crippen LogP contribution in [0.3, 0.4) is 0 Å². The van der Waals surface area contributed by atoms with E-state index < -0.39 is 6.04 Å². The molecule has 6 nitrogen and oxygen atoms in total. The van der Waals surface area contributed by atoms with Crippen molar-refractivity contribution in [3.05, 3.63) is 56.9 Å². The van der Waals surface area contributed by atoms with Gasteiger partial charge in [0.2, 0.25) is 0 Å². The molecule has 1 aliphatic rings. The van der Waals surface area contributed by atoms with Crippen molar-refractivity contribution in [2.45, 2.75) is 19.9 Å². The monoisotopic (exact) mass is 410 g/mol. The second-order valence-corrected chi connectivity index (χ2v) is 7.09. The molecule has 0 saturated heterocycles. The molecule has 0 radical (unpaired) electrons. The number of aryl methyl sites for hydroxylation is 1. The number of amides is 1. The molecule has 0 saturated carbocycles. The topological polar surface area (TPSA) is 70.4 Å². The maximum absolute atomic E-state index is 13.0. The minimum absolute atomic E-state index is 0.311. The molecule has 1 aliphatic heterocycles. The van der Waals surface area contributed by atoms with Gasteiger partial charge in [-0.1, -0.05) is 34.4 Å². The van der Waals surface area contributed by atoms with Crippen molar-refractivity contribution in [1.82, 2.24) is 15.4 Å². The zero-order valence-electron chi connectivity index (χ0n) is 14.3. The van der Waals surface area contributed by atoms with Crippen LogP contribution in [0.1, 0.15) is 24.3 Å². The highest BCUT2D eigenvalue weighted by molar-refractivity contribution is 7.80. The maximum atomic E-state index is 13.0. The summed E-state index contributed by atoms with van der Waals surface area (Å²) in [6.45, 7) is 3.58. The largest absolute Gasteiger partial charge is 0.360 e. The van der Waals surface area contributed by atoms with Gasteiger partial charge in [0, 0.05) is 18.8 Å². The number of aromatic nitrogens is 1. The Bertz CT molecular complexity index is 925. The maximum Gasteiger partial charge on any atom is 0.257 e. The third-order valence-electron chi connectivity index (χ3n) is 4.15. The molecular formula is C17H16Cl2N4O2S. The summed E-state index contributed by atoms with van der Waals surface area (Å²) in [5.74, 6) is 0.636. The summed E-state index contributed by atoms with van der Waals surface area (Å²) in [5.41, 5.74) is 2.00. The van der Waals surface area contributed by atoms with Crippen molar-refractivity contribution in [2.75, 3.05) is 12.4 Å². The molecule has 2 heterocycles. The third-order valence-corrected chi connectivity index (χ3v) is 5.28. The second kappa shape index (κ2) is 7.26. The number of hydrogen-bond donors (Lipinski definition) is 2. The van der Waals surface area contributed by atoms with Gasteiger partial charge >= 0.3 is 0 Å². The molecule has 136 valence electrons. The Kier molecular flexibility index (Phi) is 5.22. The van der Waals surface area contributed by atoms with Crippen LogP contribution >= 0.6 is 35.4 Å². The lowest BCUT2D eigenvalue weighted by molar-refractivity contribution is -0.113. The van der Waals surface area contributed by atoms with Crippen molar-refractivity contribution < 1.29 is 9.32 Å². The van der Waals surface area contributed by atoms with Gasteiger partial charge < -0.3 is 20.1 Å². The van der Waals surface area contributed by atoms with Crippen molar-refractivity contribution in [2.24, 2.45) is 0 Å². The Balaban J connectivity index is 2.02. The molecule has 1 amide bonds. The standard InChI is InChI=1S/C17H16Cl2N4O2S/c1-8-6-13(22-25-8)20-16(24)14-9(2)23(3)17(26)21-15(14)10-4-5-11(18)12(19)7-10/h4-7,15H,1-3H3,(H,21,26)(H,20,22,24). The molecule has 1 aromatic heterocycles. The predicted molar refractivity (Wildman–Crippen MR) is 105 cm³/mol. The first kappa shape index (κ1) is 18.7. The van der Waals surface area contributed by atoms with Crippen LogP contribution in [-0.2, 0) is 4.79 Å². The Morgan fingerprint density at radius 3 is 2.65 bits per heavy atom. The average Bonchev–Trinajstić information content (AvgIpc) is 2.99. The van der Waals surface area contributed by atoms with Crippen LogP contribution in [0.25, 0.3) is 0 Å². The van der Waals surface area contributed by atoms with Crippen LogP contribution in [-0.4, -0.2) is 28.1 Å². The highest BCUT2D eigenvalue weighted by Crippen LogP contribution is 2.33. The van der Waals surface area contributed by atoms with Gasteiger partial charge in [-0.25, -0.2) is 0 Å². The van der Waals surface area contributed by atoms with E-state index in [0.717, 1.165) is 11.3 Å². The molecule has 26 heavy (non-hydrogen) atoms. The van der Waals surface area contributed by atoms with E-state index in [4.69, 9.17) is 39.9 Å². The molecule has 9 heteroatoms.